The molecule has 0 aromatic carbocycles. The molecule has 0 aliphatic heterocycles. The minimum atomic E-state index is -1.12. The van der Waals surface area contributed by atoms with Crippen LogP contribution in [0.15, 0.2) is 29.4 Å². The van der Waals surface area contributed by atoms with Gasteiger partial charge in [0.1, 0.15) is 5.75 Å². The molecule has 1 heterocycles. The summed E-state index contributed by atoms with van der Waals surface area (Å²) in [4.78, 5) is 3.96. The van der Waals surface area contributed by atoms with Crippen LogP contribution in [0.5, 0.6) is 0 Å². The molecule has 2 atom stereocenters. The van der Waals surface area contributed by atoms with Crippen molar-refractivity contribution < 1.29 is 9.66 Å². The van der Waals surface area contributed by atoms with Gasteiger partial charge >= 0.3 is 0 Å². The Morgan fingerprint density at radius 3 is 2.92 bits per heavy atom. The summed E-state index contributed by atoms with van der Waals surface area (Å²) in [6.07, 6.45) is 1.61. The van der Waals surface area contributed by atoms with E-state index in [1.165, 1.54) is 0 Å². The molecular weight excluding hydrogens is 186 g/mol. The Hall–Kier alpha value is -0.580. The van der Waals surface area contributed by atoms with Crippen molar-refractivity contribution in [3.8, 4) is 0 Å². The highest BCUT2D eigenvalue weighted by Gasteiger charge is 2.15. The van der Waals surface area contributed by atoms with Gasteiger partial charge < -0.3 is 4.55 Å². The first kappa shape index (κ1) is 10.5. The Kier molecular flexibility index (Phi) is 4.21. The molecule has 0 N–H and O–H groups in total. The molecule has 0 fully saturated rings. The number of pyridine rings is 1. The third kappa shape index (κ3) is 3.34. The van der Waals surface area contributed by atoms with Gasteiger partial charge in [-0.25, -0.2) is 10.1 Å². The minimum Gasteiger partial charge on any atom is -0.610 e. The second-order valence-electron chi connectivity index (χ2n) is 2.95. The third-order valence-electron chi connectivity index (χ3n) is 1.59. The van der Waals surface area contributed by atoms with Crippen LogP contribution in [0.25, 0.3) is 0 Å². The topological polar surface area (TPSA) is 55.8 Å². The Morgan fingerprint density at radius 2 is 2.38 bits per heavy atom. The van der Waals surface area contributed by atoms with Crippen molar-refractivity contribution in [2.75, 3.05) is 12.4 Å². The Morgan fingerprint density at radius 1 is 1.62 bits per heavy atom. The molecule has 1 aromatic heterocycles. The number of hydrogen-bond donors (Lipinski definition) is 0. The van der Waals surface area contributed by atoms with Crippen LogP contribution >= 0.6 is 0 Å². The van der Waals surface area contributed by atoms with E-state index in [4.69, 9.17) is 0 Å². The van der Waals surface area contributed by atoms with E-state index in [0.717, 1.165) is 0 Å². The summed E-state index contributed by atoms with van der Waals surface area (Å²) >= 11 is -1.12. The molecular formula is C9H12NO2S. The first-order chi connectivity index (χ1) is 6.24. The molecule has 0 saturated heterocycles. The van der Waals surface area contributed by atoms with Crippen LogP contribution in [0.1, 0.15) is 6.92 Å². The zero-order valence-corrected chi connectivity index (χ0v) is 8.29. The van der Waals surface area contributed by atoms with Crippen LogP contribution in [0.3, 0.4) is 0 Å². The summed E-state index contributed by atoms with van der Waals surface area (Å²) in [6, 6.07) is 5.29. The van der Waals surface area contributed by atoms with Crippen molar-refractivity contribution in [3.05, 3.63) is 24.4 Å². The van der Waals surface area contributed by atoms with Gasteiger partial charge in [0.15, 0.2) is 0 Å². The molecule has 1 rings (SSSR count). The Balaban J connectivity index is 2.53. The maximum absolute atomic E-state index is 11.5. The van der Waals surface area contributed by atoms with E-state index in [2.05, 4.69) is 4.98 Å². The van der Waals surface area contributed by atoms with E-state index in [1.807, 2.05) is 0 Å². The van der Waals surface area contributed by atoms with Crippen molar-refractivity contribution in [1.82, 2.24) is 4.98 Å². The third-order valence-corrected chi connectivity index (χ3v) is 3.17. The summed E-state index contributed by atoms with van der Waals surface area (Å²) in [5.74, 6) is 0.350. The fourth-order valence-electron chi connectivity index (χ4n) is 0.874. The molecule has 2 unspecified atom stereocenters. The number of rotatable bonds is 4. The summed E-state index contributed by atoms with van der Waals surface area (Å²) in [6.45, 7) is 1.62. The average molecular weight is 198 g/mol. The lowest BCUT2D eigenvalue weighted by molar-refractivity contribution is 0.159. The average Bonchev–Trinajstić information content (AvgIpc) is 2.19. The Bertz CT molecular complexity index is 243. The van der Waals surface area contributed by atoms with Crippen molar-refractivity contribution in [2.45, 2.75) is 11.9 Å². The van der Waals surface area contributed by atoms with E-state index in [1.54, 1.807) is 31.3 Å². The fourth-order valence-corrected chi connectivity index (χ4v) is 2.07. The highest BCUT2D eigenvalue weighted by molar-refractivity contribution is 7.91. The van der Waals surface area contributed by atoms with E-state index >= 15 is 0 Å². The second kappa shape index (κ2) is 5.21. The molecule has 0 bridgehead atoms. The molecule has 13 heavy (non-hydrogen) atoms. The molecule has 0 aliphatic rings. The van der Waals surface area contributed by atoms with Crippen molar-refractivity contribution in [2.24, 2.45) is 5.92 Å². The number of hydrogen-bond acceptors (Lipinski definition) is 2. The van der Waals surface area contributed by atoms with Gasteiger partial charge in [-0.15, -0.1) is 0 Å². The summed E-state index contributed by atoms with van der Waals surface area (Å²) in [5.41, 5.74) is 0. The van der Waals surface area contributed by atoms with Crippen LogP contribution < -0.4 is 0 Å². The van der Waals surface area contributed by atoms with E-state index in [0.29, 0.717) is 10.8 Å². The fraction of sp³-hybridized carbons (Fsp3) is 0.444. The van der Waals surface area contributed by atoms with Gasteiger partial charge in [-0.2, -0.15) is 0 Å². The Labute approximate surface area is 81.0 Å². The standard InChI is InChI=1S/C9H12NO2S/c1-8(6-11)7-13(12)9-4-2-3-5-10-9/h2-5,8H,6-7H2,1H3. The predicted molar refractivity (Wildman–Crippen MR) is 50.2 cm³/mol. The zero-order chi connectivity index (χ0) is 9.68. The van der Waals surface area contributed by atoms with Crippen LogP contribution in [-0.2, 0) is 16.3 Å². The molecule has 71 valence electrons. The highest BCUT2D eigenvalue weighted by atomic mass is 32.2. The maximum atomic E-state index is 11.5. The lowest BCUT2D eigenvalue weighted by Crippen LogP contribution is -2.17. The van der Waals surface area contributed by atoms with Gasteiger partial charge in [-0.3, -0.25) is 0 Å². The van der Waals surface area contributed by atoms with Gasteiger partial charge in [0.2, 0.25) is 5.03 Å². The van der Waals surface area contributed by atoms with Crippen molar-refractivity contribution in [1.29, 1.82) is 0 Å². The number of aromatic nitrogens is 1. The summed E-state index contributed by atoms with van der Waals surface area (Å²) < 4.78 is 11.5. The maximum Gasteiger partial charge on any atom is 0.244 e. The van der Waals surface area contributed by atoms with Crippen LogP contribution in [0.2, 0.25) is 0 Å². The SMILES string of the molecule is CC(C[O])C[S+]([O-])c1ccccn1. The molecule has 0 aliphatic carbocycles. The van der Waals surface area contributed by atoms with Crippen molar-refractivity contribution >= 4 is 11.2 Å². The second-order valence-corrected chi connectivity index (χ2v) is 4.39. The monoisotopic (exact) mass is 198 g/mol. The quantitative estimate of drug-likeness (QED) is 0.684. The van der Waals surface area contributed by atoms with E-state index < -0.39 is 11.2 Å². The van der Waals surface area contributed by atoms with Gasteiger partial charge in [0.05, 0.1) is 6.61 Å². The predicted octanol–water partition coefficient (Wildman–Crippen LogP) is 1.26. The molecule has 1 radical (unpaired) electrons. The van der Waals surface area contributed by atoms with E-state index in [9.17, 15) is 9.66 Å². The molecule has 4 heteroatoms. The number of nitrogens with zero attached hydrogens (tertiary/aromatic N) is 1. The van der Waals surface area contributed by atoms with Gasteiger partial charge in [0.25, 0.3) is 0 Å². The summed E-state index contributed by atoms with van der Waals surface area (Å²) in [7, 11) is 0. The molecule has 3 nitrogen and oxygen atoms in total. The first-order valence-electron chi connectivity index (χ1n) is 4.11. The highest BCUT2D eigenvalue weighted by Crippen LogP contribution is 2.10. The minimum absolute atomic E-state index is 0.0529. The first-order valence-corrected chi connectivity index (χ1v) is 5.43. The summed E-state index contributed by atoms with van der Waals surface area (Å²) in [5, 5.41) is 11.0. The van der Waals surface area contributed by atoms with Crippen LogP contribution in [-0.4, -0.2) is 21.9 Å². The van der Waals surface area contributed by atoms with Gasteiger partial charge in [-0.1, -0.05) is 13.0 Å². The molecule has 0 saturated carbocycles. The molecule has 0 amide bonds. The largest absolute Gasteiger partial charge is 0.610 e. The molecule has 1 aromatic rings. The lowest BCUT2D eigenvalue weighted by Gasteiger charge is -2.11. The normalized spacial score (nSPS) is 15.3. The smallest absolute Gasteiger partial charge is 0.244 e. The van der Waals surface area contributed by atoms with Gasteiger partial charge in [-0.05, 0) is 6.07 Å². The van der Waals surface area contributed by atoms with E-state index in [-0.39, 0.29) is 12.5 Å². The van der Waals surface area contributed by atoms with Gasteiger partial charge in [0, 0.05) is 29.4 Å². The molecule has 0 spiro atoms. The van der Waals surface area contributed by atoms with Crippen molar-refractivity contribution in [3.63, 3.8) is 0 Å². The van der Waals surface area contributed by atoms with Crippen LogP contribution in [0.4, 0.5) is 0 Å². The van der Waals surface area contributed by atoms with Crippen LogP contribution in [0, 0.1) is 5.92 Å². The lowest BCUT2D eigenvalue weighted by atomic mass is 10.2. The zero-order valence-electron chi connectivity index (χ0n) is 7.47.